The molecule has 0 radical (unpaired) electrons. The summed E-state index contributed by atoms with van der Waals surface area (Å²) in [7, 11) is 0. The molecule has 0 aliphatic carbocycles. The predicted molar refractivity (Wildman–Crippen MR) is 77.2 cm³/mol. The summed E-state index contributed by atoms with van der Waals surface area (Å²) in [6.45, 7) is 0.482. The summed E-state index contributed by atoms with van der Waals surface area (Å²) in [6.07, 6.45) is -27.9. The van der Waals surface area contributed by atoms with Gasteiger partial charge in [-0.25, -0.2) is 0 Å². The molecule has 3 fully saturated rings. The van der Waals surface area contributed by atoms with Crippen molar-refractivity contribution >= 4 is 11.9 Å². The molecule has 0 aromatic carbocycles. The lowest BCUT2D eigenvalue weighted by Crippen LogP contribution is -2.53. The molecule has 3 aliphatic heterocycles. The molecule has 31 heavy (non-hydrogen) atoms. The van der Waals surface area contributed by atoms with E-state index in [9.17, 15) is 49.1 Å². The summed E-state index contributed by atoms with van der Waals surface area (Å²) in [4.78, 5) is 24.2. The van der Waals surface area contributed by atoms with Crippen molar-refractivity contribution in [3.05, 3.63) is 0 Å². The van der Waals surface area contributed by atoms with Crippen LogP contribution < -0.4 is 0 Å². The zero-order valence-electron chi connectivity index (χ0n) is 15.7. The van der Waals surface area contributed by atoms with E-state index in [0.29, 0.717) is 0 Å². The number of hydrogen-bond donors (Lipinski definition) is 0. The highest BCUT2D eigenvalue weighted by molar-refractivity contribution is 5.83. The third kappa shape index (κ3) is 3.72. The Morgan fingerprint density at radius 1 is 1.10 bits per heavy atom. The van der Waals surface area contributed by atoms with Crippen molar-refractivity contribution in [1.29, 1.82) is 0 Å². The van der Waals surface area contributed by atoms with Gasteiger partial charge in [-0.1, -0.05) is 0 Å². The summed E-state index contributed by atoms with van der Waals surface area (Å²) in [5.74, 6) is -2.96. The van der Waals surface area contributed by atoms with Gasteiger partial charge in [-0.05, 0) is 13.8 Å². The van der Waals surface area contributed by atoms with Gasteiger partial charge in [0.1, 0.15) is 12.2 Å². The molecule has 3 heterocycles. The van der Waals surface area contributed by atoms with Crippen LogP contribution in [0.25, 0.3) is 0 Å². The van der Waals surface area contributed by atoms with Crippen molar-refractivity contribution in [1.82, 2.24) is 0 Å². The molecule has 178 valence electrons. The molecular weight excluding hydrogens is 459 g/mol. The zero-order chi connectivity index (χ0) is 23.8. The monoisotopic (exact) mass is 474 g/mol. The Hall–Kier alpha value is -1.77. The molecule has 0 saturated carbocycles. The largest absolute Gasteiger partial charge is 0.455 e. The molecule has 0 N–H and O–H groups in total. The van der Waals surface area contributed by atoms with Gasteiger partial charge in [-0.3, -0.25) is 9.59 Å². The van der Waals surface area contributed by atoms with Crippen molar-refractivity contribution in [2.24, 2.45) is 10.8 Å². The molecule has 15 heteroatoms. The van der Waals surface area contributed by atoms with Crippen LogP contribution in [0, 0.1) is 10.8 Å². The van der Waals surface area contributed by atoms with Crippen LogP contribution in [0.2, 0.25) is 0 Å². The molecule has 5 unspecified atom stereocenters. The minimum atomic E-state index is -5.80. The minimum Gasteiger partial charge on any atom is -0.455 e. The molecule has 5 atom stereocenters. The molecule has 0 aromatic rings. The first-order valence-electron chi connectivity index (χ1n) is 8.72. The Balaban J connectivity index is 1.68. The van der Waals surface area contributed by atoms with Gasteiger partial charge >= 0.3 is 30.5 Å². The number of halogens is 9. The summed E-state index contributed by atoms with van der Waals surface area (Å²) in [5, 5.41) is 0. The van der Waals surface area contributed by atoms with Crippen LogP contribution in [0.5, 0.6) is 0 Å². The van der Waals surface area contributed by atoms with Gasteiger partial charge in [0.25, 0.3) is 0 Å². The second kappa shape index (κ2) is 6.86. The Kier molecular flexibility index (Phi) is 5.29. The van der Waals surface area contributed by atoms with Crippen molar-refractivity contribution in [2.75, 3.05) is 6.61 Å². The number of alkyl halides is 9. The second-order valence-electron chi connectivity index (χ2n) is 8.17. The Morgan fingerprint density at radius 2 is 1.65 bits per heavy atom. The van der Waals surface area contributed by atoms with Gasteiger partial charge in [-0.15, -0.1) is 0 Å². The summed E-state index contributed by atoms with van der Waals surface area (Å²) < 4.78 is 134. The lowest BCUT2D eigenvalue weighted by atomic mass is 9.73. The summed E-state index contributed by atoms with van der Waals surface area (Å²) >= 11 is 0. The molecular formula is C16H15F9O6. The molecule has 3 saturated heterocycles. The van der Waals surface area contributed by atoms with Gasteiger partial charge in [0.05, 0.1) is 12.0 Å². The molecule has 0 spiro atoms. The topological polar surface area (TPSA) is 71.1 Å². The first kappa shape index (κ1) is 23.9. The number of fused-ring (bicyclic) bond motifs is 1. The number of carbonyl (C=O) groups is 2. The summed E-state index contributed by atoms with van der Waals surface area (Å²) in [6, 6.07) is 0. The number of hydrogen-bond acceptors (Lipinski definition) is 6. The number of esters is 2. The summed E-state index contributed by atoms with van der Waals surface area (Å²) in [5.41, 5.74) is -4.96. The quantitative estimate of drug-likeness (QED) is 0.451. The first-order chi connectivity index (χ1) is 13.8. The van der Waals surface area contributed by atoms with E-state index in [1.54, 1.807) is 0 Å². The maximum absolute atomic E-state index is 13.4. The lowest BCUT2D eigenvalue weighted by molar-refractivity contribution is -0.325. The van der Waals surface area contributed by atoms with Crippen molar-refractivity contribution in [2.45, 2.75) is 69.3 Å². The number of rotatable bonds is 5. The van der Waals surface area contributed by atoms with E-state index in [2.05, 4.69) is 4.74 Å². The first-order valence-corrected chi connectivity index (χ1v) is 8.72. The Labute approximate surface area is 167 Å². The molecule has 3 aliphatic rings. The maximum Gasteiger partial charge on any atom is 0.423 e. The SMILES string of the molecule is CC(C)(COC(C(F)(F)F)C(F)(F)F)C(=O)OC1C2CC3(C(F)(F)F)C(=O)OC1C3O2. The van der Waals surface area contributed by atoms with Crippen LogP contribution >= 0.6 is 0 Å². The molecule has 0 amide bonds. The van der Waals surface area contributed by atoms with Gasteiger partial charge < -0.3 is 18.9 Å². The van der Waals surface area contributed by atoms with Gasteiger partial charge in [-0.2, -0.15) is 39.5 Å². The fourth-order valence-corrected chi connectivity index (χ4v) is 3.82. The Morgan fingerprint density at radius 3 is 2.13 bits per heavy atom. The van der Waals surface area contributed by atoms with Crippen molar-refractivity contribution < 1.29 is 68.1 Å². The third-order valence-electron chi connectivity index (χ3n) is 5.43. The fourth-order valence-electron chi connectivity index (χ4n) is 3.82. The molecule has 2 bridgehead atoms. The van der Waals surface area contributed by atoms with Crippen LogP contribution in [-0.2, 0) is 28.5 Å². The van der Waals surface area contributed by atoms with E-state index in [4.69, 9.17) is 14.2 Å². The van der Waals surface area contributed by atoms with E-state index in [0.717, 1.165) is 13.8 Å². The van der Waals surface area contributed by atoms with E-state index in [1.807, 2.05) is 0 Å². The predicted octanol–water partition coefficient (Wildman–Crippen LogP) is 3.08. The third-order valence-corrected chi connectivity index (χ3v) is 5.43. The fraction of sp³-hybridized carbons (Fsp3) is 0.875. The van der Waals surface area contributed by atoms with Crippen LogP contribution in [-0.4, -0.2) is 67.6 Å². The van der Waals surface area contributed by atoms with Crippen molar-refractivity contribution in [3.63, 3.8) is 0 Å². The van der Waals surface area contributed by atoms with E-state index >= 15 is 0 Å². The van der Waals surface area contributed by atoms with Crippen LogP contribution in [0.1, 0.15) is 20.3 Å². The van der Waals surface area contributed by atoms with E-state index in [-0.39, 0.29) is 0 Å². The smallest absolute Gasteiger partial charge is 0.423 e. The van der Waals surface area contributed by atoms with Gasteiger partial charge in [0.15, 0.2) is 17.6 Å². The Bertz CT molecular complexity index is 744. The standard InChI is InChI=1S/C16H15F9O6/c1-12(2,4-28-9(14(17,18)19)15(20,21)22)10(26)30-6-5-3-13(16(23,24)25)8(29-5)7(6)31-11(13)27/h5-9H,3-4H2,1-2H3. The minimum absolute atomic E-state index is 0.893. The van der Waals surface area contributed by atoms with Crippen molar-refractivity contribution in [3.8, 4) is 0 Å². The van der Waals surface area contributed by atoms with E-state index < -0.39 is 84.8 Å². The maximum atomic E-state index is 13.4. The number of carbonyl (C=O) groups excluding carboxylic acids is 2. The highest BCUT2D eigenvalue weighted by Crippen LogP contribution is 2.62. The highest BCUT2D eigenvalue weighted by atomic mass is 19.4. The second-order valence-corrected chi connectivity index (χ2v) is 8.17. The lowest BCUT2D eigenvalue weighted by Gasteiger charge is -2.32. The van der Waals surface area contributed by atoms with Crippen LogP contribution in [0.3, 0.4) is 0 Å². The van der Waals surface area contributed by atoms with Crippen LogP contribution in [0.15, 0.2) is 0 Å². The van der Waals surface area contributed by atoms with Crippen LogP contribution in [0.4, 0.5) is 39.5 Å². The normalized spacial score (nSPS) is 33.2. The average Bonchev–Trinajstić information content (AvgIpc) is 3.14. The zero-order valence-corrected chi connectivity index (χ0v) is 15.7. The van der Waals surface area contributed by atoms with Gasteiger partial charge in [0, 0.05) is 6.42 Å². The molecule has 0 aromatic heterocycles. The highest BCUT2D eigenvalue weighted by Gasteiger charge is 2.82. The average molecular weight is 474 g/mol. The molecule has 6 nitrogen and oxygen atoms in total. The number of ether oxygens (including phenoxy) is 4. The molecule has 3 rings (SSSR count). The van der Waals surface area contributed by atoms with Gasteiger partial charge in [0.2, 0.25) is 6.10 Å². The van der Waals surface area contributed by atoms with E-state index in [1.165, 1.54) is 0 Å².